The second-order valence-electron chi connectivity index (χ2n) is 8.86. The standard InChI is InChI=1S/C30H52/c1-5-9-11-13-15-17-19-21-23-27-29(25-7-3)30(26-8-4)28-24-22-20-18-16-14-12-10-6-2/h5-6,9-24,27-28H2,1-4H3/b30-29+. The van der Waals surface area contributed by atoms with E-state index in [4.69, 9.17) is 0 Å². The largest absolute Gasteiger partial charge is 0.102 e. The van der Waals surface area contributed by atoms with Crippen LogP contribution in [0.15, 0.2) is 11.1 Å². The van der Waals surface area contributed by atoms with Crippen LogP contribution in [0.25, 0.3) is 0 Å². The Bertz CT molecular complexity index is 466. The van der Waals surface area contributed by atoms with E-state index in [1.165, 1.54) is 127 Å². The van der Waals surface area contributed by atoms with Crippen LogP contribution in [-0.4, -0.2) is 0 Å². The Hall–Kier alpha value is -1.14. The minimum atomic E-state index is 1.12. The lowest BCUT2D eigenvalue weighted by molar-refractivity contribution is 0.562. The minimum absolute atomic E-state index is 1.12. The maximum atomic E-state index is 3.40. The summed E-state index contributed by atoms with van der Waals surface area (Å²) in [4.78, 5) is 0. The molecule has 0 nitrogen and oxygen atoms in total. The molecule has 0 radical (unpaired) electrons. The van der Waals surface area contributed by atoms with Crippen molar-refractivity contribution in [3.8, 4) is 23.7 Å². The molecule has 0 amide bonds. The van der Waals surface area contributed by atoms with Crippen molar-refractivity contribution in [3.05, 3.63) is 11.1 Å². The molecule has 0 rings (SSSR count). The highest BCUT2D eigenvalue weighted by Gasteiger charge is 2.04. The fourth-order valence-corrected chi connectivity index (χ4v) is 4.10. The average Bonchev–Trinajstić information content (AvgIpc) is 2.75. The third-order valence-corrected chi connectivity index (χ3v) is 5.98. The number of unbranched alkanes of at least 4 members (excludes halogenated alkanes) is 16. The lowest BCUT2D eigenvalue weighted by atomic mass is 9.96. The summed E-state index contributed by atoms with van der Waals surface area (Å²) in [5.74, 6) is 13.1. The van der Waals surface area contributed by atoms with Gasteiger partial charge in [0.15, 0.2) is 0 Å². The molecule has 0 spiro atoms. The molecule has 0 bridgehead atoms. The molecule has 30 heavy (non-hydrogen) atoms. The Morgan fingerprint density at radius 2 is 0.667 bits per heavy atom. The summed E-state index contributed by atoms with van der Waals surface area (Å²) < 4.78 is 0. The minimum Gasteiger partial charge on any atom is -0.102 e. The molecule has 0 unspecified atom stereocenters. The van der Waals surface area contributed by atoms with Crippen molar-refractivity contribution >= 4 is 0 Å². The SMILES string of the molecule is CC#C/C(CCCCCCCCCCC)=C(/C#CC)CCCCCCCCCCC. The van der Waals surface area contributed by atoms with Crippen LogP contribution < -0.4 is 0 Å². The van der Waals surface area contributed by atoms with E-state index < -0.39 is 0 Å². The molecule has 0 saturated heterocycles. The lowest BCUT2D eigenvalue weighted by Gasteiger charge is -2.08. The number of hydrogen-bond acceptors (Lipinski definition) is 0. The van der Waals surface area contributed by atoms with Gasteiger partial charge in [-0.15, -0.1) is 11.8 Å². The predicted octanol–water partition coefficient (Wildman–Crippen LogP) is 10.2. The molecule has 0 aliphatic carbocycles. The first-order chi connectivity index (χ1) is 14.8. The maximum absolute atomic E-state index is 3.40. The van der Waals surface area contributed by atoms with Gasteiger partial charge in [0.1, 0.15) is 0 Å². The van der Waals surface area contributed by atoms with E-state index in [-0.39, 0.29) is 0 Å². The zero-order valence-electron chi connectivity index (χ0n) is 21.1. The smallest absolute Gasteiger partial charge is 0.0136 e. The van der Waals surface area contributed by atoms with Gasteiger partial charge in [0.2, 0.25) is 0 Å². The highest BCUT2D eigenvalue weighted by molar-refractivity contribution is 5.42. The van der Waals surface area contributed by atoms with E-state index in [1.807, 2.05) is 13.8 Å². The van der Waals surface area contributed by atoms with Crippen LogP contribution in [0.4, 0.5) is 0 Å². The summed E-state index contributed by atoms with van der Waals surface area (Å²) >= 11 is 0. The molecule has 0 aliphatic rings. The molecule has 172 valence electrons. The number of hydrogen-bond donors (Lipinski definition) is 0. The zero-order valence-corrected chi connectivity index (χ0v) is 21.1. The first-order valence-corrected chi connectivity index (χ1v) is 13.4. The van der Waals surface area contributed by atoms with Crippen LogP contribution in [0.2, 0.25) is 0 Å². The van der Waals surface area contributed by atoms with Crippen molar-refractivity contribution < 1.29 is 0 Å². The zero-order chi connectivity index (χ0) is 22.1. The molecule has 0 heterocycles. The summed E-state index contributed by atoms with van der Waals surface area (Å²) in [6.45, 7) is 8.51. The monoisotopic (exact) mass is 412 g/mol. The van der Waals surface area contributed by atoms with Crippen LogP contribution in [0, 0.1) is 23.7 Å². The van der Waals surface area contributed by atoms with E-state index in [0.29, 0.717) is 0 Å². The molecule has 0 atom stereocenters. The maximum Gasteiger partial charge on any atom is 0.0136 e. The van der Waals surface area contributed by atoms with Crippen LogP contribution in [-0.2, 0) is 0 Å². The van der Waals surface area contributed by atoms with Crippen molar-refractivity contribution in [2.24, 2.45) is 0 Å². The van der Waals surface area contributed by atoms with E-state index in [1.54, 1.807) is 0 Å². The predicted molar refractivity (Wildman–Crippen MR) is 138 cm³/mol. The van der Waals surface area contributed by atoms with Crippen molar-refractivity contribution in [2.45, 2.75) is 156 Å². The first-order valence-electron chi connectivity index (χ1n) is 13.4. The summed E-state index contributed by atoms with van der Waals surface area (Å²) in [6.07, 6.45) is 27.1. The molecule has 0 aliphatic heterocycles. The second kappa shape index (κ2) is 24.1. The van der Waals surface area contributed by atoms with Gasteiger partial charge in [0, 0.05) is 11.1 Å². The van der Waals surface area contributed by atoms with Gasteiger partial charge in [0.05, 0.1) is 0 Å². The Kier molecular flexibility index (Phi) is 23.2. The molecule has 0 aromatic rings. The first kappa shape index (κ1) is 28.9. The quantitative estimate of drug-likeness (QED) is 0.138. The van der Waals surface area contributed by atoms with Crippen molar-refractivity contribution in [3.63, 3.8) is 0 Å². The molecule has 0 saturated carbocycles. The number of allylic oxidation sites excluding steroid dienone is 2. The van der Waals surface area contributed by atoms with Crippen molar-refractivity contribution in [1.29, 1.82) is 0 Å². The van der Waals surface area contributed by atoms with Crippen LogP contribution in [0.1, 0.15) is 156 Å². The molecule has 0 aromatic heterocycles. The fraction of sp³-hybridized carbons (Fsp3) is 0.800. The van der Waals surface area contributed by atoms with E-state index in [0.717, 1.165) is 12.8 Å². The summed E-state index contributed by atoms with van der Waals surface area (Å²) in [5.41, 5.74) is 2.66. The topological polar surface area (TPSA) is 0 Å². The van der Waals surface area contributed by atoms with Gasteiger partial charge >= 0.3 is 0 Å². The van der Waals surface area contributed by atoms with Crippen LogP contribution in [0.3, 0.4) is 0 Å². The lowest BCUT2D eigenvalue weighted by Crippen LogP contribution is -1.92. The fourth-order valence-electron chi connectivity index (χ4n) is 4.10. The van der Waals surface area contributed by atoms with Crippen molar-refractivity contribution in [2.75, 3.05) is 0 Å². The van der Waals surface area contributed by atoms with Gasteiger partial charge in [0.25, 0.3) is 0 Å². The van der Waals surface area contributed by atoms with Crippen molar-refractivity contribution in [1.82, 2.24) is 0 Å². The molecule has 0 fully saturated rings. The summed E-state index contributed by atoms with van der Waals surface area (Å²) in [6, 6.07) is 0. The van der Waals surface area contributed by atoms with Gasteiger partial charge in [-0.05, 0) is 39.5 Å². The Balaban J connectivity index is 4.16. The van der Waals surface area contributed by atoms with E-state index in [2.05, 4.69) is 37.5 Å². The second-order valence-corrected chi connectivity index (χ2v) is 8.86. The van der Waals surface area contributed by atoms with Gasteiger partial charge in [-0.3, -0.25) is 0 Å². The normalized spacial score (nSPS) is 11.3. The highest BCUT2D eigenvalue weighted by atomic mass is 14.1. The van der Waals surface area contributed by atoms with E-state index in [9.17, 15) is 0 Å². The summed E-state index contributed by atoms with van der Waals surface area (Å²) in [7, 11) is 0. The van der Waals surface area contributed by atoms with Gasteiger partial charge in [-0.25, -0.2) is 0 Å². The third-order valence-electron chi connectivity index (χ3n) is 5.98. The Morgan fingerprint density at radius 1 is 0.400 bits per heavy atom. The van der Waals surface area contributed by atoms with Crippen LogP contribution >= 0.6 is 0 Å². The molecular formula is C30H52. The van der Waals surface area contributed by atoms with E-state index >= 15 is 0 Å². The number of rotatable bonds is 20. The van der Waals surface area contributed by atoms with Crippen LogP contribution in [0.5, 0.6) is 0 Å². The highest BCUT2D eigenvalue weighted by Crippen LogP contribution is 2.20. The Labute approximate surface area is 191 Å². The molecule has 0 heteroatoms. The molecule has 0 aromatic carbocycles. The van der Waals surface area contributed by atoms with Gasteiger partial charge in [-0.2, -0.15) is 0 Å². The average molecular weight is 413 g/mol. The third kappa shape index (κ3) is 18.9. The molecular weight excluding hydrogens is 360 g/mol. The summed E-state index contributed by atoms with van der Waals surface area (Å²) in [5, 5.41) is 0. The molecule has 0 N–H and O–H groups in total. The van der Waals surface area contributed by atoms with Gasteiger partial charge in [-0.1, -0.05) is 128 Å². The Morgan fingerprint density at radius 3 is 0.933 bits per heavy atom. The van der Waals surface area contributed by atoms with Gasteiger partial charge < -0.3 is 0 Å².